The van der Waals surface area contributed by atoms with Crippen LogP contribution in [0.1, 0.15) is 0 Å². The fraction of sp³-hybridized carbons (Fsp3) is 0. The van der Waals surface area contributed by atoms with E-state index in [-0.39, 0.29) is 0 Å². The lowest BCUT2D eigenvalue weighted by Crippen LogP contribution is -2.02. The summed E-state index contributed by atoms with van der Waals surface area (Å²) in [5.74, 6) is 0. The predicted molar refractivity (Wildman–Crippen MR) is 111 cm³/mol. The van der Waals surface area contributed by atoms with Gasteiger partial charge in [-0.3, -0.25) is 0 Å². The van der Waals surface area contributed by atoms with Crippen molar-refractivity contribution in [2.24, 2.45) is 0 Å². The molecule has 4 rings (SSSR count). The van der Waals surface area contributed by atoms with Crippen molar-refractivity contribution in [2.45, 2.75) is 0 Å². The molecule has 0 saturated heterocycles. The van der Waals surface area contributed by atoms with Gasteiger partial charge in [0.1, 0.15) is 0 Å². The van der Waals surface area contributed by atoms with Gasteiger partial charge in [0.15, 0.2) is 0 Å². The molecule has 0 bridgehead atoms. The highest BCUT2D eigenvalue weighted by Gasteiger charge is 2.20. The fourth-order valence-corrected chi connectivity index (χ4v) is 2.84. The van der Waals surface area contributed by atoms with Gasteiger partial charge in [0.2, 0.25) is 0 Å². The van der Waals surface area contributed by atoms with Gasteiger partial charge in [0.25, 0.3) is 0 Å². The summed E-state index contributed by atoms with van der Waals surface area (Å²) in [6.45, 7) is 0. The van der Waals surface area contributed by atoms with Gasteiger partial charge in [-0.25, -0.2) is 4.98 Å². The van der Waals surface area contributed by atoms with E-state index in [1.807, 2.05) is 42.5 Å². The van der Waals surface area contributed by atoms with Crippen LogP contribution in [0.4, 0.5) is 17.3 Å². The van der Waals surface area contributed by atoms with E-state index in [9.17, 15) is 17.3 Å². The Morgan fingerprint density at radius 1 is 0.448 bits per heavy atom. The lowest BCUT2D eigenvalue weighted by molar-refractivity contribution is 0.368. The van der Waals surface area contributed by atoms with Gasteiger partial charge >= 0.3 is 7.25 Å². The molecule has 4 aromatic rings. The molecule has 0 saturated carbocycles. The molecule has 0 unspecified atom stereocenters. The van der Waals surface area contributed by atoms with Gasteiger partial charge in [-0.15, -0.1) is 0 Å². The number of benzene rings is 3. The summed E-state index contributed by atoms with van der Waals surface area (Å²) >= 11 is 0. The van der Waals surface area contributed by atoms with Crippen molar-refractivity contribution in [1.82, 2.24) is 4.98 Å². The van der Waals surface area contributed by atoms with Crippen LogP contribution in [0.2, 0.25) is 0 Å². The number of nitrogens with zero attached hydrogens (tertiary/aromatic N) is 1. The summed E-state index contributed by atoms with van der Waals surface area (Å²) < 4.78 is 39.0. The first kappa shape index (κ1) is 20.3. The molecule has 1 nitrogen and oxygen atoms in total. The van der Waals surface area contributed by atoms with E-state index in [0.717, 1.165) is 22.5 Å². The lowest BCUT2D eigenvalue weighted by Gasteiger charge is -2.10. The summed E-state index contributed by atoms with van der Waals surface area (Å²) in [4.78, 5) is 4.90. The van der Waals surface area contributed by atoms with Crippen molar-refractivity contribution in [2.75, 3.05) is 0 Å². The van der Waals surface area contributed by atoms with Crippen molar-refractivity contribution in [1.29, 1.82) is 0 Å². The molecular formula is C23H17BF4N-. The first-order chi connectivity index (χ1) is 13.9. The molecule has 0 aliphatic heterocycles. The van der Waals surface area contributed by atoms with Gasteiger partial charge in [-0.2, -0.15) is 0 Å². The molecule has 6 heteroatoms. The number of halogens is 4. The number of rotatable bonds is 3. The normalized spacial score (nSPS) is 10.8. The molecule has 0 aliphatic rings. The van der Waals surface area contributed by atoms with Crippen molar-refractivity contribution < 1.29 is 17.3 Å². The first-order valence-electron chi connectivity index (χ1n) is 8.96. The molecule has 0 radical (unpaired) electrons. The SMILES string of the molecule is F[B-](F)(F)F.c1ccc(-c2cc(-c3ccccc3)nc(-c3ccccc3)c2)cc1. The molecule has 0 fully saturated rings. The summed E-state index contributed by atoms with van der Waals surface area (Å²) in [6.07, 6.45) is 0. The van der Waals surface area contributed by atoms with Gasteiger partial charge < -0.3 is 17.3 Å². The van der Waals surface area contributed by atoms with Gasteiger partial charge in [-0.05, 0) is 23.3 Å². The molecule has 0 N–H and O–H groups in total. The Bertz CT molecular complexity index is 891. The zero-order valence-corrected chi connectivity index (χ0v) is 15.4. The van der Waals surface area contributed by atoms with Crippen molar-refractivity contribution in [3.8, 4) is 33.6 Å². The molecule has 1 heterocycles. The number of aromatic nitrogens is 1. The Balaban J connectivity index is 0.000000431. The molecule has 3 aromatic carbocycles. The van der Waals surface area contributed by atoms with Crippen LogP contribution >= 0.6 is 0 Å². The van der Waals surface area contributed by atoms with E-state index in [2.05, 4.69) is 60.7 Å². The van der Waals surface area contributed by atoms with E-state index in [1.165, 1.54) is 11.1 Å². The zero-order valence-electron chi connectivity index (χ0n) is 15.4. The zero-order chi connectivity index (χ0) is 20.7. The molecule has 29 heavy (non-hydrogen) atoms. The molecule has 146 valence electrons. The molecule has 0 aliphatic carbocycles. The Hall–Kier alpha value is -3.41. The van der Waals surface area contributed by atoms with E-state index in [4.69, 9.17) is 4.98 Å². The van der Waals surface area contributed by atoms with Crippen LogP contribution in [0, 0.1) is 0 Å². The van der Waals surface area contributed by atoms with Gasteiger partial charge in [0, 0.05) is 11.1 Å². The fourth-order valence-electron chi connectivity index (χ4n) is 2.84. The predicted octanol–water partition coefficient (Wildman–Crippen LogP) is 7.38. The van der Waals surface area contributed by atoms with E-state index in [0.29, 0.717) is 0 Å². The molecule has 0 amide bonds. The maximum atomic E-state index is 9.75. The third-order valence-electron chi connectivity index (χ3n) is 4.07. The van der Waals surface area contributed by atoms with Crippen LogP contribution in [0.15, 0.2) is 103 Å². The minimum Gasteiger partial charge on any atom is -0.418 e. The largest absolute Gasteiger partial charge is 0.673 e. The average Bonchev–Trinajstić information content (AvgIpc) is 2.74. The average molecular weight is 394 g/mol. The monoisotopic (exact) mass is 394 g/mol. The topological polar surface area (TPSA) is 12.9 Å². The van der Waals surface area contributed by atoms with Crippen molar-refractivity contribution >= 4 is 7.25 Å². The second-order valence-electron chi connectivity index (χ2n) is 6.22. The molecular weight excluding hydrogens is 377 g/mol. The maximum Gasteiger partial charge on any atom is 0.673 e. The quantitative estimate of drug-likeness (QED) is 0.261. The Morgan fingerprint density at radius 2 is 0.759 bits per heavy atom. The standard InChI is InChI=1S/C23H17N.BF4/c1-4-10-18(11-5-1)21-16-22(19-12-6-2-7-13-19)24-23(17-21)20-14-8-3-9-15-20;2-1(3,4)5/h1-17H;/q;-1. The van der Waals surface area contributed by atoms with E-state index in [1.54, 1.807) is 0 Å². The van der Waals surface area contributed by atoms with Crippen molar-refractivity contribution in [3.63, 3.8) is 0 Å². The minimum absolute atomic E-state index is 0.996. The third kappa shape index (κ3) is 6.31. The van der Waals surface area contributed by atoms with Crippen LogP contribution in [0.3, 0.4) is 0 Å². The van der Waals surface area contributed by atoms with Crippen LogP contribution in [-0.2, 0) is 0 Å². The van der Waals surface area contributed by atoms with Gasteiger partial charge in [-0.1, -0.05) is 91.0 Å². The Labute approximate surface area is 166 Å². The summed E-state index contributed by atoms with van der Waals surface area (Å²) in [5.41, 5.74) is 6.64. The van der Waals surface area contributed by atoms with Crippen LogP contribution in [-0.4, -0.2) is 12.2 Å². The summed E-state index contributed by atoms with van der Waals surface area (Å²) in [5, 5.41) is 0. The number of pyridine rings is 1. The maximum absolute atomic E-state index is 9.75. The smallest absolute Gasteiger partial charge is 0.418 e. The Morgan fingerprint density at radius 3 is 1.10 bits per heavy atom. The number of hydrogen-bond donors (Lipinski definition) is 0. The van der Waals surface area contributed by atoms with Crippen molar-refractivity contribution in [3.05, 3.63) is 103 Å². The highest BCUT2D eigenvalue weighted by atomic mass is 19.5. The van der Waals surface area contributed by atoms with Crippen LogP contribution in [0.25, 0.3) is 33.6 Å². The third-order valence-corrected chi connectivity index (χ3v) is 4.07. The van der Waals surface area contributed by atoms with E-state index < -0.39 is 7.25 Å². The second-order valence-corrected chi connectivity index (χ2v) is 6.22. The molecule has 0 spiro atoms. The highest BCUT2D eigenvalue weighted by molar-refractivity contribution is 6.50. The first-order valence-corrected chi connectivity index (χ1v) is 8.96. The Kier molecular flexibility index (Phi) is 6.44. The van der Waals surface area contributed by atoms with Crippen LogP contribution in [0.5, 0.6) is 0 Å². The second kappa shape index (κ2) is 9.19. The highest BCUT2D eigenvalue weighted by Crippen LogP contribution is 2.29. The lowest BCUT2D eigenvalue weighted by atomic mass is 10.00. The number of hydrogen-bond acceptors (Lipinski definition) is 1. The summed E-state index contributed by atoms with van der Waals surface area (Å²) in [7, 11) is -6.00. The molecule has 1 aromatic heterocycles. The molecule has 0 atom stereocenters. The van der Waals surface area contributed by atoms with Gasteiger partial charge in [0.05, 0.1) is 11.4 Å². The minimum atomic E-state index is -6.00. The van der Waals surface area contributed by atoms with E-state index >= 15 is 0 Å². The summed E-state index contributed by atoms with van der Waals surface area (Å²) in [6, 6.07) is 35.5. The van der Waals surface area contributed by atoms with Crippen LogP contribution < -0.4 is 0 Å².